The van der Waals surface area contributed by atoms with Crippen molar-refractivity contribution in [1.29, 1.82) is 0 Å². The molecule has 1 rings (SSSR count). The fourth-order valence-corrected chi connectivity index (χ4v) is 1.92. The number of aryl methyl sites for hydroxylation is 1. The summed E-state index contributed by atoms with van der Waals surface area (Å²) in [6, 6.07) is 3.02. The van der Waals surface area contributed by atoms with Crippen molar-refractivity contribution < 1.29 is 29.9 Å². The Morgan fingerprint density at radius 1 is 1.06 bits per heavy atom. The summed E-state index contributed by atoms with van der Waals surface area (Å²) in [5, 5.41) is 16.9. The lowest BCUT2D eigenvalue weighted by molar-refractivity contribution is -0.185. The fraction of sp³-hybridized carbons (Fsp3) is 0.333. The van der Waals surface area contributed by atoms with Gasteiger partial charge < -0.3 is 0 Å². The minimum Gasteiger partial charge on any atom is -0.295 e. The monoisotopic (exact) mass is 254 g/mol. The van der Waals surface area contributed by atoms with E-state index in [1.807, 2.05) is 6.92 Å². The minimum absolute atomic E-state index is 0.0848. The molecule has 0 heterocycles. The summed E-state index contributed by atoms with van der Waals surface area (Å²) in [6.45, 7) is 3.70. The molecule has 0 aromatic heterocycles. The third-order valence-corrected chi connectivity index (χ3v) is 2.73. The Hall–Kier alpha value is -1.92. The first-order chi connectivity index (χ1) is 8.60. The third-order valence-electron chi connectivity index (χ3n) is 2.73. The van der Waals surface area contributed by atoms with Gasteiger partial charge in [-0.1, -0.05) is 19.9 Å². The SMILES string of the molecule is CCc1ccc(C(=O)OO)c(C(=O)OO)c1CC. The molecule has 98 valence electrons. The van der Waals surface area contributed by atoms with Crippen molar-refractivity contribution >= 4 is 11.9 Å². The maximum Gasteiger partial charge on any atom is 0.373 e. The summed E-state index contributed by atoms with van der Waals surface area (Å²) in [7, 11) is 0. The Balaban J connectivity index is 3.53. The van der Waals surface area contributed by atoms with E-state index in [4.69, 9.17) is 10.5 Å². The van der Waals surface area contributed by atoms with Gasteiger partial charge in [-0.25, -0.2) is 9.59 Å². The molecule has 0 amide bonds. The molecule has 2 N–H and O–H groups in total. The van der Waals surface area contributed by atoms with E-state index in [1.165, 1.54) is 6.07 Å². The highest BCUT2D eigenvalue weighted by Gasteiger charge is 2.24. The lowest BCUT2D eigenvalue weighted by Crippen LogP contribution is -2.16. The van der Waals surface area contributed by atoms with Crippen LogP contribution in [0.15, 0.2) is 12.1 Å². The van der Waals surface area contributed by atoms with Gasteiger partial charge in [0.05, 0.1) is 11.1 Å². The van der Waals surface area contributed by atoms with Crippen molar-refractivity contribution in [2.75, 3.05) is 0 Å². The zero-order chi connectivity index (χ0) is 13.7. The van der Waals surface area contributed by atoms with E-state index in [2.05, 4.69) is 9.78 Å². The Bertz CT molecular complexity index is 466. The van der Waals surface area contributed by atoms with Gasteiger partial charge in [0.1, 0.15) is 0 Å². The normalized spacial score (nSPS) is 10.0. The summed E-state index contributed by atoms with van der Waals surface area (Å²) >= 11 is 0. The quantitative estimate of drug-likeness (QED) is 0.631. The summed E-state index contributed by atoms with van der Waals surface area (Å²) < 4.78 is 0. The highest BCUT2D eigenvalue weighted by atomic mass is 17.1. The molecule has 0 bridgehead atoms. The summed E-state index contributed by atoms with van der Waals surface area (Å²) in [5.41, 5.74) is 1.20. The molecule has 0 spiro atoms. The fourth-order valence-electron chi connectivity index (χ4n) is 1.92. The standard InChI is InChI=1S/C12H14O6/c1-3-7-5-6-9(11(13)17-15)10(8(7)4-2)12(14)18-16/h5-6,15-16H,3-4H2,1-2H3. The highest BCUT2D eigenvalue weighted by molar-refractivity contribution is 6.04. The van der Waals surface area contributed by atoms with E-state index in [9.17, 15) is 9.59 Å². The minimum atomic E-state index is -1.08. The number of hydrogen-bond donors (Lipinski definition) is 2. The second-order valence-corrected chi connectivity index (χ2v) is 3.59. The molecule has 6 heteroatoms. The van der Waals surface area contributed by atoms with Gasteiger partial charge in [0.25, 0.3) is 0 Å². The van der Waals surface area contributed by atoms with Crippen molar-refractivity contribution in [3.05, 3.63) is 34.4 Å². The van der Waals surface area contributed by atoms with Gasteiger partial charge in [-0.15, -0.1) is 0 Å². The maximum absolute atomic E-state index is 11.5. The van der Waals surface area contributed by atoms with E-state index >= 15 is 0 Å². The molecule has 0 aliphatic heterocycles. The average Bonchev–Trinajstić information content (AvgIpc) is 2.43. The van der Waals surface area contributed by atoms with Crippen LogP contribution in [0.2, 0.25) is 0 Å². The van der Waals surface area contributed by atoms with Crippen LogP contribution in [0.4, 0.5) is 0 Å². The number of rotatable bonds is 4. The lowest BCUT2D eigenvalue weighted by atomic mass is 9.93. The zero-order valence-electron chi connectivity index (χ0n) is 10.1. The number of hydrogen-bond acceptors (Lipinski definition) is 6. The van der Waals surface area contributed by atoms with E-state index in [1.54, 1.807) is 13.0 Å². The Labute approximate surface area is 104 Å². The van der Waals surface area contributed by atoms with Crippen molar-refractivity contribution in [3.63, 3.8) is 0 Å². The summed E-state index contributed by atoms with van der Waals surface area (Å²) in [5.74, 6) is -2.13. The third kappa shape index (κ3) is 2.49. The topological polar surface area (TPSA) is 93.1 Å². The van der Waals surface area contributed by atoms with Crippen LogP contribution in [0.3, 0.4) is 0 Å². The lowest BCUT2D eigenvalue weighted by Gasteiger charge is -2.13. The van der Waals surface area contributed by atoms with E-state index in [-0.39, 0.29) is 11.1 Å². The summed E-state index contributed by atoms with van der Waals surface area (Å²) in [4.78, 5) is 30.2. The molecule has 0 saturated carbocycles. The van der Waals surface area contributed by atoms with E-state index < -0.39 is 11.9 Å². The Kier molecular flexibility index (Phi) is 4.82. The molecule has 0 saturated heterocycles. The summed E-state index contributed by atoms with van der Waals surface area (Å²) in [6.07, 6.45) is 1.13. The number of carbonyl (C=O) groups is 2. The molecule has 1 aromatic rings. The van der Waals surface area contributed by atoms with E-state index in [0.717, 1.165) is 5.56 Å². The molecule has 6 nitrogen and oxygen atoms in total. The number of benzene rings is 1. The highest BCUT2D eigenvalue weighted by Crippen LogP contribution is 2.22. The van der Waals surface area contributed by atoms with Crippen LogP contribution in [-0.4, -0.2) is 22.5 Å². The van der Waals surface area contributed by atoms with Gasteiger partial charge in [0, 0.05) is 0 Å². The molecule has 0 aliphatic rings. The number of carbonyl (C=O) groups excluding carboxylic acids is 2. The van der Waals surface area contributed by atoms with Crippen LogP contribution >= 0.6 is 0 Å². The first-order valence-corrected chi connectivity index (χ1v) is 5.46. The van der Waals surface area contributed by atoms with E-state index in [0.29, 0.717) is 18.4 Å². The Morgan fingerprint density at radius 3 is 2.11 bits per heavy atom. The van der Waals surface area contributed by atoms with Gasteiger partial charge in [0.2, 0.25) is 0 Å². The van der Waals surface area contributed by atoms with Crippen LogP contribution in [0.1, 0.15) is 45.7 Å². The second kappa shape index (κ2) is 6.13. The smallest absolute Gasteiger partial charge is 0.295 e. The van der Waals surface area contributed by atoms with Crippen molar-refractivity contribution in [1.82, 2.24) is 0 Å². The molecule has 18 heavy (non-hydrogen) atoms. The van der Waals surface area contributed by atoms with Gasteiger partial charge in [-0.05, 0) is 30.0 Å². The predicted octanol–water partition coefficient (Wildman–Crippen LogP) is 2.07. The van der Waals surface area contributed by atoms with Crippen LogP contribution in [0, 0.1) is 0 Å². The predicted molar refractivity (Wildman–Crippen MR) is 61.3 cm³/mol. The zero-order valence-corrected chi connectivity index (χ0v) is 10.1. The van der Waals surface area contributed by atoms with Crippen LogP contribution in [-0.2, 0) is 22.6 Å². The average molecular weight is 254 g/mol. The van der Waals surface area contributed by atoms with Crippen molar-refractivity contribution in [2.24, 2.45) is 0 Å². The molecular formula is C12H14O6. The Morgan fingerprint density at radius 2 is 1.67 bits per heavy atom. The van der Waals surface area contributed by atoms with Gasteiger partial charge >= 0.3 is 11.9 Å². The van der Waals surface area contributed by atoms with Gasteiger partial charge in [-0.3, -0.25) is 9.78 Å². The molecule has 0 unspecified atom stereocenters. The van der Waals surface area contributed by atoms with Crippen molar-refractivity contribution in [3.8, 4) is 0 Å². The molecule has 1 aromatic carbocycles. The molecular weight excluding hydrogens is 240 g/mol. The van der Waals surface area contributed by atoms with Gasteiger partial charge in [0.15, 0.2) is 0 Å². The van der Waals surface area contributed by atoms with Crippen molar-refractivity contribution in [2.45, 2.75) is 26.7 Å². The van der Waals surface area contributed by atoms with Crippen LogP contribution in [0.25, 0.3) is 0 Å². The molecule has 0 radical (unpaired) electrons. The largest absolute Gasteiger partial charge is 0.373 e. The first-order valence-electron chi connectivity index (χ1n) is 5.46. The van der Waals surface area contributed by atoms with Crippen LogP contribution < -0.4 is 0 Å². The maximum atomic E-state index is 11.5. The van der Waals surface area contributed by atoms with Gasteiger partial charge in [-0.2, -0.15) is 10.5 Å². The molecule has 0 aliphatic carbocycles. The molecule has 0 fully saturated rings. The van der Waals surface area contributed by atoms with Crippen LogP contribution in [0.5, 0.6) is 0 Å². The second-order valence-electron chi connectivity index (χ2n) is 3.59. The molecule has 0 atom stereocenters. The first kappa shape index (κ1) is 14.1.